The summed E-state index contributed by atoms with van der Waals surface area (Å²) in [7, 11) is 1.65. The normalized spacial score (nSPS) is 23.5. The van der Waals surface area contributed by atoms with Crippen molar-refractivity contribution in [3.8, 4) is 11.5 Å². The van der Waals surface area contributed by atoms with Gasteiger partial charge in [-0.3, -0.25) is 9.80 Å². The average molecular weight is 366 g/mol. The minimum atomic E-state index is -0.352. The Kier molecular flexibility index (Phi) is 7.52. The molecule has 2 aliphatic rings. The Balaban J connectivity index is 1.38. The maximum atomic E-state index is 10.4. The molecule has 0 radical (unpaired) electrons. The molecule has 2 aliphatic heterocycles. The summed E-state index contributed by atoms with van der Waals surface area (Å²) in [5.41, 5.74) is 0. The van der Waals surface area contributed by atoms with Gasteiger partial charge in [0.1, 0.15) is 24.2 Å². The molecule has 3 rings (SSSR count). The molecule has 2 heterocycles. The molecule has 0 aliphatic carbocycles. The summed E-state index contributed by atoms with van der Waals surface area (Å²) in [5.74, 6) is 1.62. The van der Waals surface area contributed by atoms with Crippen molar-refractivity contribution in [3.05, 3.63) is 24.3 Å². The van der Waals surface area contributed by atoms with Crippen LogP contribution in [0.3, 0.4) is 0 Å². The lowest BCUT2D eigenvalue weighted by Gasteiger charge is -2.35. The second-order valence-corrected chi connectivity index (χ2v) is 6.81. The van der Waals surface area contributed by atoms with Gasteiger partial charge in [-0.1, -0.05) is 0 Å². The summed E-state index contributed by atoms with van der Waals surface area (Å²) in [5, 5.41) is 10.4. The lowest BCUT2D eigenvalue weighted by molar-refractivity contribution is -0.0615. The molecule has 0 amide bonds. The highest BCUT2D eigenvalue weighted by atomic mass is 16.5. The fourth-order valence-corrected chi connectivity index (χ4v) is 3.35. The Morgan fingerprint density at radius 3 is 2.42 bits per heavy atom. The van der Waals surface area contributed by atoms with Crippen LogP contribution in [0.1, 0.15) is 0 Å². The highest BCUT2D eigenvalue weighted by Crippen LogP contribution is 2.18. The van der Waals surface area contributed by atoms with E-state index in [0.29, 0.717) is 26.3 Å². The second kappa shape index (κ2) is 10.1. The number of hydrogen-bond acceptors (Lipinski definition) is 7. The van der Waals surface area contributed by atoms with Gasteiger partial charge in [0, 0.05) is 39.3 Å². The van der Waals surface area contributed by atoms with E-state index in [2.05, 4.69) is 9.80 Å². The van der Waals surface area contributed by atoms with E-state index in [1.165, 1.54) is 0 Å². The molecule has 0 spiro atoms. The lowest BCUT2D eigenvalue weighted by Crippen LogP contribution is -2.50. The van der Waals surface area contributed by atoms with E-state index in [4.69, 9.17) is 18.9 Å². The topological polar surface area (TPSA) is 63.6 Å². The van der Waals surface area contributed by atoms with Crippen LogP contribution in [0.4, 0.5) is 0 Å². The van der Waals surface area contributed by atoms with Gasteiger partial charge in [0.2, 0.25) is 0 Å². The number of ether oxygens (including phenoxy) is 4. The number of benzene rings is 1. The summed E-state index contributed by atoms with van der Waals surface area (Å²) in [6.07, 6.45) is -0.337. The Morgan fingerprint density at radius 2 is 1.69 bits per heavy atom. The molecule has 26 heavy (non-hydrogen) atoms. The molecule has 0 unspecified atom stereocenters. The molecule has 2 saturated heterocycles. The fourth-order valence-electron chi connectivity index (χ4n) is 3.35. The highest BCUT2D eigenvalue weighted by molar-refractivity contribution is 5.31. The maximum absolute atomic E-state index is 10.4. The molecule has 0 bridgehead atoms. The molecule has 146 valence electrons. The SMILES string of the molecule is COc1ccc(OC[C@@H]2CN(C[C@H](O)CN3CCOCC3)CCO2)cc1. The molecule has 2 atom stereocenters. The van der Waals surface area contributed by atoms with E-state index < -0.39 is 0 Å². The molecule has 0 aromatic heterocycles. The summed E-state index contributed by atoms with van der Waals surface area (Å²) in [4.78, 5) is 4.52. The summed E-state index contributed by atoms with van der Waals surface area (Å²) < 4.78 is 22.1. The third-order valence-corrected chi connectivity index (χ3v) is 4.76. The van der Waals surface area contributed by atoms with Crippen molar-refractivity contribution < 1.29 is 24.1 Å². The standard InChI is InChI=1S/C19H30N2O5/c1-23-17-2-4-18(5-3-17)26-15-19-14-21(8-11-25-19)13-16(22)12-20-6-9-24-10-7-20/h2-5,16,19,22H,6-15H2,1H3/t16-,19+/m1/s1. The van der Waals surface area contributed by atoms with Crippen molar-refractivity contribution in [2.24, 2.45) is 0 Å². The van der Waals surface area contributed by atoms with Gasteiger partial charge in [-0.05, 0) is 24.3 Å². The van der Waals surface area contributed by atoms with Gasteiger partial charge < -0.3 is 24.1 Å². The van der Waals surface area contributed by atoms with Gasteiger partial charge in [0.15, 0.2) is 0 Å². The number of methoxy groups -OCH3 is 1. The van der Waals surface area contributed by atoms with Gasteiger partial charge in [0.05, 0.1) is 33.0 Å². The van der Waals surface area contributed by atoms with Gasteiger partial charge in [-0.25, -0.2) is 0 Å². The molecular weight excluding hydrogens is 336 g/mol. The summed E-state index contributed by atoms with van der Waals surface area (Å²) >= 11 is 0. The number of hydrogen-bond donors (Lipinski definition) is 1. The van der Waals surface area contributed by atoms with Crippen LogP contribution in [0.5, 0.6) is 11.5 Å². The summed E-state index contributed by atoms with van der Waals surface area (Å²) in [6, 6.07) is 7.55. The van der Waals surface area contributed by atoms with Crippen LogP contribution in [-0.4, -0.2) is 99.9 Å². The van der Waals surface area contributed by atoms with Crippen LogP contribution in [0.15, 0.2) is 24.3 Å². The first-order chi connectivity index (χ1) is 12.7. The number of morpholine rings is 2. The monoisotopic (exact) mass is 366 g/mol. The van der Waals surface area contributed by atoms with E-state index in [9.17, 15) is 5.11 Å². The van der Waals surface area contributed by atoms with Crippen molar-refractivity contribution in [1.82, 2.24) is 9.80 Å². The van der Waals surface area contributed by atoms with Crippen molar-refractivity contribution in [1.29, 1.82) is 0 Å². The van der Waals surface area contributed by atoms with Gasteiger partial charge in [0.25, 0.3) is 0 Å². The summed E-state index contributed by atoms with van der Waals surface area (Å²) in [6.45, 7) is 7.48. The van der Waals surface area contributed by atoms with E-state index >= 15 is 0 Å². The zero-order valence-electron chi connectivity index (χ0n) is 15.5. The van der Waals surface area contributed by atoms with E-state index in [-0.39, 0.29) is 12.2 Å². The zero-order valence-corrected chi connectivity index (χ0v) is 15.5. The molecule has 7 nitrogen and oxygen atoms in total. The number of aliphatic hydroxyl groups is 1. The van der Waals surface area contributed by atoms with Crippen molar-refractivity contribution in [2.75, 3.05) is 72.8 Å². The van der Waals surface area contributed by atoms with Crippen molar-refractivity contribution in [2.45, 2.75) is 12.2 Å². The smallest absolute Gasteiger partial charge is 0.119 e. The third-order valence-electron chi connectivity index (χ3n) is 4.76. The minimum absolute atomic E-state index is 0.0152. The van der Waals surface area contributed by atoms with Gasteiger partial charge in [-0.2, -0.15) is 0 Å². The minimum Gasteiger partial charge on any atom is -0.497 e. The average Bonchev–Trinajstić information content (AvgIpc) is 2.68. The van der Waals surface area contributed by atoms with Crippen LogP contribution in [-0.2, 0) is 9.47 Å². The molecule has 1 aromatic carbocycles. The molecule has 1 N–H and O–H groups in total. The Labute approximate surface area is 155 Å². The molecule has 1 aromatic rings. The number of aliphatic hydroxyl groups excluding tert-OH is 1. The Bertz CT molecular complexity index is 521. The first-order valence-corrected chi connectivity index (χ1v) is 9.32. The molecule has 7 heteroatoms. The quantitative estimate of drug-likeness (QED) is 0.717. The largest absolute Gasteiger partial charge is 0.497 e. The predicted molar refractivity (Wildman–Crippen MR) is 97.9 cm³/mol. The van der Waals surface area contributed by atoms with E-state index in [1.807, 2.05) is 24.3 Å². The van der Waals surface area contributed by atoms with Crippen molar-refractivity contribution in [3.63, 3.8) is 0 Å². The van der Waals surface area contributed by atoms with Crippen LogP contribution in [0.2, 0.25) is 0 Å². The molecular formula is C19H30N2O5. The number of rotatable bonds is 8. The number of nitrogens with zero attached hydrogens (tertiary/aromatic N) is 2. The van der Waals surface area contributed by atoms with Gasteiger partial charge >= 0.3 is 0 Å². The maximum Gasteiger partial charge on any atom is 0.119 e. The zero-order chi connectivity index (χ0) is 18.2. The second-order valence-electron chi connectivity index (χ2n) is 6.81. The van der Waals surface area contributed by atoms with Crippen molar-refractivity contribution >= 4 is 0 Å². The Morgan fingerprint density at radius 1 is 1.04 bits per heavy atom. The van der Waals surface area contributed by atoms with E-state index in [0.717, 1.165) is 50.9 Å². The van der Waals surface area contributed by atoms with Gasteiger partial charge in [-0.15, -0.1) is 0 Å². The van der Waals surface area contributed by atoms with Crippen LogP contribution >= 0.6 is 0 Å². The third kappa shape index (κ3) is 6.10. The number of β-amino-alcohol motifs (C(OH)–C–C–N with tert-alkyl or cyclic N) is 1. The molecule has 2 fully saturated rings. The lowest BCUT2D eigenvalue weighted by atomic mass is 10.2. The van der Waals surface area contributed by atoms with E-state index in [1.54, 1.807) is 7.11 Å². The predicted octanol–water partition coefficient (Wildman–Crippen LogP) is 0.468. The van der Waals surface area contributed by atoms with Crippen LogP contribution in [0.25, 0.3) is 0 Å². The first kappa shape index (κ1) is 19.4. The first-order valence-electron chi connectivity index (χ1n) is 9.32. The fraction of sp³-hybridized carbons (Fsp3) is 0.684. The highest BCUT2D eigenvalue weighted by Gasteiger charge is 2.24. The molecule has 0 saturated carbocycles. The Hall–Kier alpha value is -1.38. The van der Waals surface area contributed by atoms with Crippen LogP contribution in [0, 0.1) is 0 Å². The van der Waals surface area contributed by atoms with Crippen LogP contribution < -0.4 is 9.47 Å².